The van der Waals surface area contributed by atoms with E-state index in [2.05, 4.69) is 29.2 Å². The Hall–Kier alpha value is -1.58. The summed E-state index contributed by atoms with van der Waals surface area (Å²) in [7, 11) is 0. The first-order valence-electron chi connectivity index (χ1n) is 5.76. The molecule has 0 aliphatic heterocycles. The standard InChI is InChI=1S/C12H15N3O/c1-7(2)11-10(9-5-6-13-14-9)12(16-15-11)8-3-4-8/h5-8H,3-4H2,1-2H3,(H,13,14). The lowest BCUT2D eigenvalue weighted by Crippen LogP contribution is -1.92. The van der Waals surface area contributed by atoms with Gasteiger partial charge >= 0.3 is 0 Å². The lowest BCUT2D eigenvalue weighted by molar-refractivity contribution is 0.376. The molecule has 16 heavy (non-hydrogen) atoms. The zero-order valence-corrected chi connectivity index (χ0v) is 9.53. The highest BCUT2D eigenvalue weighted by Gasteiger charge is 2.33. The number of rotatable bonds is 3. The lowest BCUT2D eigenvalue weighted by Gasteiger charge is -2.03. The van der Waals surface area contributed by atoms with Crippen molar-refractivity contribution >= 4 is 0 Å². The maximum absolute atomic E-state index is 5.51. The van der Waals surface area contributed by atoms with Crippen LogP contribution >= 0.6 is 0 Å². The summed E-state index contributed by atoms with van der Waals surface area (Å²) >= 11 is 0. The molecular formula is C12H15N3O. The zero-order chi connectivity index (χ0) is 11.1. The molecule has 4 heteroatoms. The Kier molecular flexibility index (Phi) is 2.09. The smallest absolute Gasteiger partial charge is 0.149 e. The van der Waals surface area contributed by atoms with Crippen LogP contribution in [-0.4, -0.2) is 15.4 Å². The predicted octanol–water partition coefficient (Wildman–Crippen LogP) is 3.07. The molecule has 2 aromatic rings. The van der Waals surface area contributed by atoms with Crippen LogP contribution in [0.25, 0.3) is 11.3 Å². The molecule has 2 aromatic heterocycles. The normalized spacial score (nSPS) is 15.9. The second kappa shape index (κ2) is 3.47. The van der Waals surface area contributed by atoms with Gasteiger partial charge < -0.3 is 4.52 Å². The van der Waals surface area contributed by atoms with Crippen molar-refractivity contribution in [2.24, 2.45) is 0 Å². The van der Waals surface area contributed by atoms with Crippen molar-refractivity contribution < 1.29 is 4.52 Å². The number of nitrogens with one attached hydrogen (secondary N) is 1. The number of hydrogen-bond donors (Lipinski definition) is 1. The number of nitrogens with zero attached hydrogens (tertiary/aromatic N) is 2. The summed E-state index contributed by atoms with van der Waals surface area (Å²) in [6.07, 6.45) is 4.20. The summed E-state index contributed by atoms with van der Waals surface area (Å²) in [5.41, 5.74) is 3.19. The van der Waals surface area contributed by atoms with E-state index in [9.17, 15) is 0 Å². The van der Waals surface area contributed by atoms with Gasteiger partial charge in [-0.05, 0) is 24.8 Å². The van der Waals surface area contributed by atoms with Crippen LogP contribution in [0.15, 0.2) is 16.8 Å². The zero-order valence-electron chi connectivity index (χ0n) is 9.53. The molecule has 0 spiro atoms. The first kappa shape index (κ1) is 9.63. The van der Waals surface area contributed by atoms with Gasteiger partial charge in [0.25, 0.3) is 0 Å². The minimum atomic E-state index is 0.370. The summed E-state index contributed by atoms with van der Waals surface area (Å²) in [6, 6.07) is 1.98. The van der Waals surface area contributed by atoms with Crippen LogP contribution < -0.4 is 0 Å². The van der Waals surface area contributed by atoms with Crippen molar-refractivity contribution in [2.75, 3.05) is 0 Å². The monoisotopic (exact) mass is 217 g/mol. The first-order valence-corrected chi connectivity index (χ1v) is 5.76. The molecule has 84 valence electrons. The SMILES string of the molecule is CC(C)c1noc(C2CC2)c1-c1ccn[nH]1. The summed E-state index contributed by atoms with van der Waals surface area (Å²) in [6.45, 7) is 4.27. The molecule has 3 rings (SSSR count). The van der Waals surface area contributed by atoms with E-state index in [0.29, 0.717) is 11.8 Å². The van der Waals surface area contributed by atoms with Crippen molar-refractivity contribution in [2.45, 2.75) is 38.5 Å². The average Bonchev–Trinajstić information content (AvgIpc) is 2.82. The van der Waals surface area contributed by atoms with Gasteiger partial charge in [0.15, 0.2) is 0 Å². The largest absolute Gasteiger partial charge is 0.360 e. The molecule has 4 nitrogen and oxygen atoms in total. The van der Waals surface area contributed by atoms with E-state index < -0.39 is 0 Å². The van der Waals surface area contributed by atoms with Gasteiger partial charge in [0.1, 0.15) is 5.76 Å². The van der Waals surface area contributed by atoms with Crippen molar-refractivity contribution in [1.29, 1.82) is 0 Å². The second-order valence-electron chi connectivity index (χ2n) is 4.71. The highest BCUT2D eigenvalue weighted by molar-refractivity contribution is 5.65. The highest BCUT2D eigenvalue weighted by atomic mass is 16.5. The van der Waals surface area contributed by atoms with Gasteiger partial charge in [-0.2, -0.15) is 5.10 Å². The topological polar surface area (TPSA) is 54.7 Å². The van der Waals surface area contributed by atoms with Crippen molar-refractivity contribution in [3.63, 3.8) is 0 Å². The van der Waals surface area contributed by atoms with Crippen LogP contribution in [0, 0.1) is 0 Å². The summed E-state index contributed by atoms with van der Waals surface area (Å²) in [5, 5.41) is 11.2. The van der Waals surface area contributed by atoms with E-state index in [1.807, 2.05) is 6.07 Å². The van der Waals surface area contributed by atoms with E-state index in [4.69, 9.17) is 4.52 Å². The molecule has 0 aromatic carbocycles. The van der Waals surface area contributed by atoms with Crippen molar-refractivity contribution in [3.8, 4) is 11.3 Å². The van der Waals surface area contributed by atoms with E-state index in [0.717, 1.165) is 22.7 Å². The molecule has 0 unspecified atom stereocenters. The fourth-order valence-corrected chi connectivity index (χ4v) is 2.00. The van der Waals surface area contributed by atoms with E-state index >= 15 is 0 Å². The fourth-order valence-electron chi connectivity index (χ4n) is 2.00. The first-order chi connectivity index (χ1) is 7.77. The molecule has 0 saturated heterocycles. The molecule has 0 atom stereocenters. The van der Waals surface area contributed by atoms with Crippen LogP contribution in [0.3, 0.4) is 0 Å². The molecule has 0 bridgehead atoms. The second-order valence-corrected chi connectivity index (χ2v) is 4.71. The lowest BCUT2D eigenvalue weighted by atomic mass is 10.0. The summed E-state index contributed by atoms with van der Waals surface area (Å²) in [4.78, 5) is 0. The minimum Gasteiger partial charge on any atom is -0.360 e. The molecule has 1 aliphatic carbocycles. The van der Waals surface area contributed by atoms with Gasteiger partial charge in [-0.25, -0.2) is 0 Å². The van der Waals surface area contributed by atoms with Gasteiger partial charge in [-0.15, -0.1) is 0 Å². The van der Waals surface area contributed by atoms with Gasteiger partial charge in [0.2, 0.25) is 0 Å². The van der Waals surface area contributed by atoms with Gasteiger partial charge in [0.05, 0.1) is 17.0 Å². The third-order valence-electron chi connectivity index (χ3n) is 3.01. The molecule has 1 saturated carbocycles. The van der Waals surface area contributed by atoms with E-state index in [-0.39, 0.29) is 0 Å². The molecule has 0 amide bonds. The molecule has 1 aliphatic rings. The highest BCUT2D eigenvalue weighted by Crippen LogP contribution is 2.46. The van der Waals surface area contributed by atoms with Gasteiger partial charge in [-0.1, -0.05) is 19.0 Å². The number of hydrogen-bond acceptors (Lipinski definition) is 3. The molecule has 0 radical (unpaired) electrons. The summed E-state index contributed by atoms with van der Waals surface area (Å²) < 4.78 is 5.51. The van der Waals surface area contributed by atoms with Gasteiger partial charge in [0, 0.05) is 12.1 Å². The minimum absolute atomic E-state index is 0.370. The van der Waals surface area contributed by atoms with Crippen LogP contribution in [-0.2, 0) is 0 Å². The molecule has 1 fully saturated rings. The Morgan fingerprint density at radius 3 is 2.81 bits per heavy atom. The van der Waals surface area contributed by atoms with Crippen molar-refractivity contribution in [3.05, 3.63) is 23.7 Å². The van der Waals surface area contributed by atoms with Gasteiger partial charge in [-0.3, -0.25) is 5.10 Å². The quantitative estimate of drug-likeness (QED) is 0.859. The Morgan fingerprint density at radius 1 is 1.44 bits per heavy atom. The summed E-state index contributed by atoms with van der Waals surface area (Å²) in [5.74, 6) is 1.97. The average molecular weight is 217 g/mol. The van der Waals surface area contributed by atoms with Crippen LogP contribution in [0.4, 0.5) is 0 Å². The maximum atomic E-state index is 5.51. The van der Waals surface area contributed by atoms with E-state index in [1.54, 1.807) is 6.20 Å². The van der Waals surface area contributed by atoms with Crippen molar-refractivity contribution in [1.82, 2.24) is 15.4 Å². The molecule has 1 N–H and O–H groups in total. The van der Waals surface area contributed by atoms with Crippen LogP contribution in [0.2, 0.25) is 0 Å². The predicted molar refractivity (Wildman–Crippen MR) is 60.1 cm³/mol. The Bertz CT molecular complexity index is 461. The van der Waals surface area contributed by atoms with Crippen LogP contribution in [0.5, 0.6) is 0 Å². The van der Waals surface area contributed by atoms with Crippen LogP contribution in [0.1, 0.15) is 50.0 Å². The number of H-pyrrole nitrogens is 1. The Balaban J connectivity index is 2.14. The Labute approximate surface area is 94.0 Å². The third-order valence-corrected chi connectivity index (χ3v) is 3.01. The molecule has 2 heterocycles. The molecular weight excluding hydrogens is 202 g/mol. The fraction of sp³-hybridized carbons (Fsp3) is 0.500. The number of aromatic amines is 1. The Morgan fingerprint density at radius 2 is 2.25 bits per heavy atom. The van der Waals surface area contributed by atoms with E-state index in [1.165, 1.54) is 12.8 Å². The maximum Gasteiger partial charge on any atom is 0.149 e. The third kappa shape index (κ3) is 1.45. The number of aromatic nitrogens is 3.